The fourth-order valence-electron chi connectivity index (χ4n) is 2.57. The van der Waals surface area contributed by atoms with Crippen molar-refractivity contribution in [2.24, 2.45) is 5.92 Å². The van der Waals surface area contributed by atoms with Crippen LogP contribution in [0.3, 0.4) is 0 Å². The minimum atomic E-state index is -0.418. The molecule has 1 heterocycles. The van der Waals surface area contributed by atoms with Crippen molar-refractivity contribution in [1.29, 1.82) is 0 Å². The molecule has 1 aromatic rings. The molecule has 1 aliphatic heterocycles. The highest BCUT2D eigenvalue weighted by Gasteiger charge is 2.26. The number of nitrogens with zero attached hydrogens (tertiary/aromatic N) is 1. The van der Waals surface area contributed by atoms with Gasteiger partial charge in [0.15, 0.2) is 0 Å². The van der Waals surface area contributed by atoms with Crippen LogP contribution in [-0.2, 0) is 4.74 Å². The summed E-state index contributed by atoms with van der Waals surface area (Å²) in [6.45, 7) is 3.66. The van der Waals surface area contributed by atoms with Gasteiger partial charge in [-0.15, -0.1) is 0 Å². The Balaban J connectivity index is 2.07. The zero-order valence-corrected chi connectivity index (χ0v) is 11.2. The van der Waals surface area contributed by atoms with E-state index < -0.39 is 6.09 Å². The molecule has 2 rings (SSSR count). The number of piperidine rings is 1. The number of carbonyl (C=O) groups excluding carboxylic acids is 1. The molecule has 5 heteroatoms. The third-order valence-electron chi connectivity index (χ3n) is 3.34. The van der Waals surface area contributed by atoms with Crippen LogP contribution in [0.1, 0.15) is 13.3 Å². The third kappa shape index (κ3) is 3.59. The molecule has 1 aromatic carbocycles. The lowest BCUT2D eigenvalue weighted by Gasteiger charge is -2.38. The maximum absolute atomic E-state index is 13.3. The van der Waals surface area contributed by atoms with Crippen LogP contribution in [0.15, 0.2) is 24.3 Å². The molecule has 4 nitrogen and oxygen atoms in total. The largest absolute Gasteiger partial charge is 0.453 e. The number of ether oxygens (including phenoxy) is 1. The van der Waals surface area contributed by atoms with E-state index in [1.54, 1.807) is 6.07 Å². The van der Waals surface area contributed by atoms with E-state index in [2.05, 4.69) is 21.9 Å². The molecule has 2 atom stereocenters. The van der Waals surface area contributed by atoms with Gasteiger partial charge in [-0.05, 0) is 30.5 Å². The number of halogens is 1. The molecule has 104 valence electrons. The van der Waals surface area contributed by atoms with Crippen molar-refractivity contribution in [2.75, 3.05) is 25.1 Å². The number of carbonyl (C=O) groups is 1. The number of hydrogen-bond donors (Lipinski definition) is 1. The van der Waals surface area contributed by atoms with Crippen LogP contribution >= 0.6 is 0 Å². The normalized spacial score (nSPS) is 23.0. The Morgan fingerprint density at radius 1 is 1.47 bits per heavy atom. The highest BCUT2D eigenvalue weighted by molar-refractivity contribution is 5.67. The van der Waals surface area contributed by atoms with Gasteiger partial charge in [-0.25, -0.2) is 9.18 Å². The number of anilines is 1. The number of amides is 1. The lowest BCUT2D eigenvalue weighted by Crippen LogP contribution is -2.50. The minimum Gasteiger partial charge on any atom is -0.453 e. The van der Waals surface area contributed by atoms with Crippen LogP contribution in [0.4, 0.5) is 14.9 Å². The summed E-state index contributed by atoms with van der Waals surface area (Å²) in [7, 11) is 1.35. The van der Waals surface area contributed by atoms with Crippen LogP contribution in [0.2, 0.25) is 0 Å². The van der Waals surface area contributed by atoms with Crippen molar-refractivity contribution in [2.45, 2.75) is 19.4 Å². The lowest BCUT2D eigenvalue weighted by atomic mass is 9.95. The van der Waals surface area contributed by atoms with Crippen molar-refractivity contribution in [3.63, 3.8) is 0 Å². The summed E-state index contributed by atoms with van der Waals surface area (Å²) in [6.07, 6.45) is 0.485. The van der Waals surface area contributed by atoms with Crippen molar-refractivity contribution in [3.8, 4) is 0 Å². The summed E-state index contributed by atoms with van der Waals surface area (Å²) in [4.78, 5) is 13.4. The van der Waals surface area contributed by atoms with Gasteiger partial charge >= 0.3 is 6.09 Å². The van der Waals surface area contributed by atoms with Gasteiger partial charge in [-0.2, -0.15) is 0 Å². The van der Waals surface area contributed by atoms with Crippen molar-refractivity contribution in [1.82, 2.24) is 5.32 Å². The second-order valence-electron chi connectivity index (χ2n) is 5.06. The van der Waals surface area contributed by atoms with Crippen LogP contribution in [0.5, 0.6) is 0 Å². The molecule has 1 aliphatic rings. The molecule has 0 aromatic heterocycles. The summed E-state index contributed by atoms with van der Waals surface area (Å²) < 4.78 is 17.9. The van der Waals surface area contributed by atoms with Crippen LogP contribution in [-0.4, -0.2) is 32.3 Å². The summed E-state index contributed by atoms with van der Waals surface area (Å²) in [5.74, 6) is 0.187. The van der Waals surface area contributed by atoms with E-state index in [9.17, 15) is 9.18 Å². The molecule has 1 N–H and O–H groups in total. The van der Waals surface area contributed by atoms with Crippen LogP contribution in [0.25, 0.3) is 0 Å². The van der Waals surface area contributed by atoms with Gasteiger partial charge < -0.3 is 15.0 Å². The van der Waals surface area contributed by atoms with E-state index in [1.807, 2.05) is 6.07 Å². The number of alkyl carbamates (subject to hydrolysis) is 1. The molecule has 0 bridgehead atoms. The predicted octanol–water partition coefficient (Wildman–Crippen LogP) is 2.40. The summed E-state index contributed by atoms with van der Waals surface area (Å²) >= 11 is 0. The number of rotatable bonds is 2. The molecule has 1 amide bonds. The van der Waals surface area contributed by atoms with Gasteiger partial charge in [0.05, 0.1) is 7.11 Å². The van der Waals surface area contributed by atoms with E-state index >= 15 is 0 Å². The van der Waals surface area contributed by atoms with Gasteiger partial charge in [0, 0.05) is 24.8 Å². The zero-order valence-electron chi connectivity index (χ0n) is 11.2. The monoisotopic (exact) mass is 266 g/mol. The Hall–Kier alpha value is -1.78. The van der Waals surface area contributed by atoms with E-state index in [0.29, 0.717) is 12.5 Å². The fraction of sp³-hybridized carbons (Fsp3) is 0.500. The van der Waals surface area contributed by atoms with E-state index in [1.165, 1.54) is 19.2 Å². The van der Waals surface area contributed by atoms with Crippen molar-refractivity contribution < 1.29 is 13.9 Å². The first-order valence-corrected chi connectivity index (χ1v) is 6.43. The van der Waals surface area contributed by atoms with Crippen molar-refractivity contribution >= 4 is 11.8 Å². The van der Waals surface area contributed by atoms with Gasteiger partial charge in [-0.1, -0.05) is 13.0 Å². The topological polar surface area (TPSA) is 41.6 Å². The maximum atomic E-state index is 13.3. The smallest absolute Gasteiger partial charge is 0.407 e. The Morgan fingerprint density at radius 3 is 2.95 bits per heavy atom. The molecule has 0 radical (unpaired) electrons. The second kappa shape index (κ2) is 5.91. The summed E-state index contributed by atoms with van der Waals surface area (Å²) in [5.41, 5.74) is 0.850. The Morgan fingerprint density at radius 2 is 2.26 bits per heavy atom. The number of benzene rings is 1. The Bertz CT molecular complexity index is 453. The number of nitrogens with one attached hydrogen (secondary N) is 1. The predicted molar refractivity (Wildman–Crippen MR) is 71.7 cm³/mol. The molecular formula is C14H19FN2O2. The first-order chi connectivity index (χ1) is 9.08. The second-order valence-corrected chi connectivity index (χ2v) is 5.06. The molecule has 1 fully saturated rings. The summed E-state index contributed by atoms with van der Waals surface area (Å²) in [5, 5.41) is 2.82. The van der Waals surface area contributed by atoms with E-state index in [0.717, 1.165) is 18.7 Å². The van der Waals surface area contributed by atoms with E-state index in [-0.39, 0.29) is 11.9 Å². The highest BCUT2D eigenvalue weighted by Crippen LogP contribution is 2.23. The van der Waals surface area contributed by atoms with Crippen LogP contribution in [0, 0.1) is 11.7 Å². The first kappa shape index (κ1) is 13.6. The first-order valence-electron chi connectivity index (χ1n) is 6.43. The molecule has 19 heavy (non-hydrogen) atoms. The average Bonchev–Trinajstić information content (AvgIpc) is 2.38. The maximum Gasteiger partial charge on any atom is 0.407 e. The number of hydrogen-bond acceptors (Lipinski definition) is 3. The Labute approximate surface area is 112 Å². The molecule has 2 unspecified atom stereocenters. The molecule has 1 saturated heterocycles. The molecule has 0 aliphatic carbocycles. The molecule has 0 spiro atoms. The third-order valence-corrected chi connectivity index (χ3v) is 3.34. The lowest BCUT2D eigenvalue weighted by molar-refractivity contribution is 0.163. The van der Waals surface area contributed by atoms with Gasteiger partial charge in [0.2, 0.25) is 0 Å². The Kier molecular flexibility index (Phi) is 4.24. The molecular weight excluding hydrogens is 247 g/mol. The van der Waals surface area contributed by atoms with Crippen LogP contribution < -0.4 is 10.2 Å². The number of methoxy groups -OCH3 is 1. The van der Waals surface area contributed by atoms with Gasteiger partial charge in [0.25, 0.3) is 0 Å². The average molecular weight is 266 g/mol. The van der Waals surface area contributed by atoms with Gasteiger partial charge in [-0.3, -0.25) is 0 Å². The minimum absolute atomic E-state index is 0.0273. The highest BCUT2D eigenvalue weighted by atomic mass is 19.1. The fourth-order valence-corrected chi connectivity index (χ4v) is 2.57. The quantitative estimate of drug-likeness (QED) is 0.893. The molecule has 0 saturated carbocycles. The van der Waals surface area contributed by atoms with E-state index in [4.69, 9.17) is 0 Å². The standard InChI is InChI=1S/C14H19FN2O2/c1-10-6-12(16-14(18)19-2)9-17(8-10)13-5-3-4-11(15)7-13/h3-5,7,10,12H,6,8-9H2,1-2H3,(H,16,18). The summed E-state index contributed by atoms with van der Waals surface area (Å²) in [6, 6.07) is 6.57. The zero-order chi connectivity index (χ0) is 13.8. The van der Waals surface area contributed by atoms with Crippen molar-refractivity contribution in [3.05, 3.63) is 30.1 Å². The SMILES string of the molecule is COC(=O)NC1CC(C)CN(c2cccc(F)c2)C1. The van der Waals surface area contributed by atoms with Gasteiger partial charge in [0.1, 0.15) is 5.82 Å².